The first-order chi connectivity index (χ1) is 16.6. The number of hydrazine groups is 1. The predicted octanol–water partition coefficient (Wildman–Crippen LogP) is 4.90. The fraction of sp³-hybridized carbons (Fsp3) is 0.360. The van der Waals surface area contributed by atoms with Crippen molar-refractivity contribution in [1.29, 1.82) is 0 Å². The Morgan fingerprint density at radius 1 is 1.00 bits per heavy atom. The zero-order valence-electron chi connectivity index (χ0n) is 19.0. The minimum Gasteiger partial charge on any atom is -0.497 e. The van der Waals surface area contributed by atoms with Crippen LogP contribution in [0.15, 0.2) is 48.5 Å². The average Bonchev–Trinajstić information content (AvgIpc) is 3.08. The number of benzene rings is 2. The molecule has 1 heterocycles. The highest BCUT2D eigenvalue weighted by molar-refractivity contribution is 9.12. The van der Waals surface area contributed by atoms with Crippen LogP contribution in [0.4, 0.5) is 0 Å². The van der Waals surface area contributed by atoms with Crippen molar-refractivity contribution in [2.24, 2.45) is 11.8 Å². The monoisotopic (exact) mass is 624 g/mol. The summed E-state index contributed by atoms with van der Waals surface area (Å²) in [5, 5.41) is 2.00. The van der Waals surface area contributed by atoms with Crippen molar-refractivity contribution in [1.82, 2.24) is 10.0 Å². The molecule has 1 saturated carbocycles. The number of nitrogens with zero attached hydrogens (tertiary/aromatic N) is 2. The van der Waals surface area contributed by atoms with Gasteiger partial charge in [-0.3, -0.25) is 19.2 Å². The van der Waals surface area contributed by atoms with Crippen molar-refractivity contribution in [2.75, 3.05) is 7.11 Å². The van der Waals surface area contributed by atoms with E-state index in [2.05, 4.69) is 31.9 Å². The van der Waals surface area contributed by atoms with Crippen LogP contribution in [0.3, 0.4) is 0 Å². The zero-order chi connectivity index (χ0) is 25.4. The smallest absolute Gasteiger partial charge is 0.275 e. The standard InChI is InChI=1S/C25H23Br2ClN2O5/c1-13(22(31)14-7-9-15(35-2)10-8-14)29(23(32)16-5-3-4-6-21(16)28)30-24(33)17-11-19(26)20(27)12-18(17)25(30)34/h3-10,13,17-20H,11-12H2,1-2H3/t13-,17-,18+,19-,20-/m0/s1. The Morgan fingerprint density at radius 2 is 1.54 bits per heavy atom. The quantitative estimate of drug-likeness (QED) is 0.259. The van der Waals surface area contributed by atoms with Crippen molar-refractivity contribution >= 4 is 67.0 Å². The molecule has 5 atom stereocenters. The van der Waals surface area contributed by atoms with E-state index in [4.69, 9.17) is 16.3 Å². The molecule has 4 rings (SSSR count). The third kappa shape index (κ3) is 4.78. The number of Topliss-reactive ketones (excluding diaryl/α,β-unsaturated/α-hetero) is 1. The van der Waals surface area contributed by atoms with Gasteiger partial charge in [-0.05, 0) is 56.2 Å². The van der Waals surface area contributed by atoms with Gasteiger partial charge in [0.05, 0.1) is 29.5 Å². The molecule has 1 saturated heterocycles. The number of ketones is 1. The average molecular weight is 627 g/mol. The molecule has 2 aromatic rings. The summed E-state index contributed by atoms with van der Waals surface area (Å²) in [7, 11) is 1.52. The third-order valence-corrected chi connectivity index (χ3v) is 9.60. The molecule has 2 aromatic carbocycles. The van der Waals surface area contributed by atoms with Gasteiger partial charge in [-0.1, -0.05) is 55.6 Å². The molecular weight excluding hydrogens is 604 g/mol. The number of fused-ring (bicyclic) bond motifs is 1. The second kappa shape index (κ2) is 10.4. The lowest BCUT2D eigenvalue weighted by atomic mass is 9.81. The molecule has 184 valence electrons. The van der Waals surface area contributed by atoms with Crippen LogP contribution in [0, 0.1) is 11.8 Å². The van der Waals surface area contributed by atoms with Crippen molar-refractivity contribution in [2.45, 2.75) is 35.5 Å². The van der Waals surface area contributed by atoms with Gasteiger partial charge in [-0.25, -0.2) is 5.01 Å². The van der Waals surface area contributed by atoms with E-state index in [1.54, 1.807) is 42.5 Å². The van der Waals surface area contributed by atoms with Gasteiger partial charge >= 0.3 is 0 Å². The van der Waals surface area contributed by atoms with Crippen molar-refractivity contribution in [3.8, 4) is 5.75 Å². The Bertz CT molecular complexity index is 1150. The molecule has 35 heavy (non-hydrogen) atoms. The maximum Gasteiger partial charge on any atom is 0.275 e. The number of carbonyl (C=O) groups excluding carboxylic acids is 4. The molecule has 0 N–H and O–H groups in total. The van der Waals surface area contributed by atoms with Crippen LogP contribution < -0.4 is 4.74 Å². The lowest BCUT2D eigenvalue weighted by Crippen LogP contribution is -2.56. The summed E-state index contributed by atoms with van der Waals surface area (Å²) < 4.78 is 5.15. The van der Waals surface area contributed by atoms with Crippen LogP contribution >= 0.6 is 43.5 Å². The molecule has 1 aliphatic carbocycles. The lowest BCUT2D eigenvalue weighted by molar-refractivity contribution is -0.156. The summed E-state index contributed by atoms with van der Waals surface area (Å²) in [5.41, 5.74) is 0.406. The van der Waals surface area contributed by atoms with Crippen LogP contribution in [-0.2, 0) is 9.59 Å². The summed E-state index contributed by atoms with van der Waals surface area (Å²) in [4.78, 5) is 54.3. The van der Waals surface area contributed by atoms with Gasteiger partial charge in [0.15, 0.2) is 5.78 Å². The van der Waals surface area contributed by atoms with Gasteiger partial charge in [-0.15, -0.1) is 0 Å². The van der Waals surface area contributed by atoms with E-state index in [1.165, 1.54) is 20.1 Å². The minimum absolute atomic E-state index is 0.00604. The molecule has 1 aliphatic heterocycles. The van der Waals surface area contributed by atoms with E-state index in [-0.39, 0.29) is 20.2 Å². The van der Waals surface area contributed by atoms with Crippen molar-refractivity contribution < 1.29 is 23.9 Å². The Labute approximate surface area is 225 Å². The van der Waals surface area contributed by atoms with Gasteiger partial charge in [0.2, 0.25) is 0 Å². The first-order valence-electron chi connectivity index (χ1n) is 11.1. The van der Waals surface area contributed by atoms with Gasteiger partial charge in [0.25, 0.3) is 17.7 Å². The van der Waals surface area contributed by atoms with Crippen molar-refractivity contribution in [3.05, 3.63) is 64.7 Å². The molecule has 2 fully saturated rings. The van der Waals surface area contributed by atoms with Crippen molar-refractivity contribution in [3.63, 3.8) is 0 Å². The van der Waals surface area contributed by atoms with Gasteiger partial charge in [0, 0.05) is 15.2 Å². The Morgan fingerprint density at radius 3 is 2.06 bits per heavy atom. The highest BCUT2D eigenvalue weighted by atomic mass is 79.9. The lowest BCUT2D eigenvalue weighted by Gasteiger charge is -2.35. The number of ether oxygens (including phenoxy) is 1. The number of methoxy groups -OCH3 is 1. The topological polar surface area (TPSA) is 84.0 Å². The Hall–Kier alpha value is -2.23. The number of carbonyl (C=O) groups is 4. The molecule has 10 heteroatoms. The second-order valence-corrected chi connectivity index (χ2v) is 11.4. The number of rotatable bonds is 6. The SMILES string of the molecule is COc1ccc(C(=O)[C@H](C)N(C(=O)c2ccccc2Cl)N2C(=O)[C@H]3C[C@H](Br)[C@@H](Br)C[C@H]3C2=O)cc1. The fourth-order valence-electron chi connectivity index (χ4n) is 4.60. The summed E-state index contributed by atoms with van der Waals surface area (Å²) in [6, 6.07) is 11.6. The predicted molar refractivity (Wildman–Crippen MR) is 138 cm³/mol. The summed E-state index contributed by atoms with van der Waals surface area (Å²) in [6.45, 7) is 1.50. The molecule has 0 unspecified atom stereocenters. The number of hydrogen-bond donors (Lipinski definition) is 0. The van der Waals surface area contributed by atoms with Crippen LogP contribution in [0.1, 0.15) is 40.5 Å². The molecular formula is C25H23Br2ClN2O5. The Kier molecular flexibility index (Phi) is 7.68. The first-order valence-corrected chi connectivity index (χ1v) is 13.3. The number of hydrogen-bond acceptors (Lipinski definition) is 5. The van der Waals surface area contributed by atoms with Gasteiger partial charge in [-0.2, -0.15) is 5.01 Å². The van der Waals surface area contributed by atoms with Gasteiger partial charge in [0.1, 0.15) is 11.8 Å². The largest absolute Gasteiger partial charge is 0.497 e. The van der Waals surface area contributed by atoms with Crippen LogP contribution in [-0.4, -0.2) is 56.3 Å². The normalized spacial score (nSPS) is 24.7. The molecule has 7 nitrogen and oxygen atoms in total. The van der Waals surface area contributed by atoms with Crippen LogP contribution in [0.2, 0.25) is 5.02 Å². The maximum atomic E-state index is 13.8. The summed E-state index contributed by atoms with van der Waals surface area (Å²) in [5.74, 6) is -2.69. The zero-order valence-corrected chi connectivity index (χ0v) is 22.9. The van der Waals surface area contributed by atoms with Crippen LogP contribution in [0.5, 0.6) is 5.75 Å². The molecule has 0 aromatic heterocycles. The second-order valence-electron chi connectivity index (χ2n) is 8.60. The molecule has 2 aliphatic rings. The summed E-state index contributed by atoms with van der Waals surface area (Å²) >= 11 is 13.4. The van der Waals surface area contributed by atoms with E-state index in [0.29, 0.717) is 24.2 Å². The molecule has 0 radical (unpaired) electrons. The summed E-state index contributed by atoms with van der Waals surface area (Å²) in [6.07, 6.45) is 0.882. The van der Waals surface area contributed by atoms with Crippen LogP contribution in [0.25, 0.3) is 0 Å². The number of imide groups is 1. The van der Waals surface area contributed by atoms with E-state index < -0.39 is 41.4 Å². The van der Waals surface area contributed by atoms with E-state index in [9.17, 15) is 19.2 Å². The van der Waals surface area contributed by atoms with Gasteiger partial charge < -0.3 is 4.74 Å². The highest BCUT2D eigenvalue weighted by Gasteiger charge is 2.55. The minimum atomic E-state index is -1.15. The maximum absolute atomic E-state index is 13.8. The van der Waals surface area contributed by atoms with E-state index in [1.807, 2.05) is 0 Å². The number of amides is 3. The third-order valence-electron chi connectivity index (χ3n) is 6.54. The highest BCUT2D eigenvalue weighted by Crippen LogP contribution is 2.44. The Balaban J connectivity index is 1.75. The molecule has 0 bridgehead atoms. The van der Waals surface area contributed by atoms with E-state index in [0.717, 1.165) is 10.0 Å². The number of halogens is 3. The first kappa shape index (κ1) is 25.9. The molecule has 0 spiro atoms. The fourth-order valence-corrected chi connectivity index (χ4v) is 6.05. The van der Waals surface area contributed by atoms with E-state index >= 15 is 0 Å². The molecule has 3 amide bonds. The number of alkyl halides is 2.